The van der Waals surface area contributed by atoms with Gasteiger partial charge in [0, 0.05) is 0 Å². The fraction of sp³-hybridized carbons (Fsp3) is 0.833. The van der Waals surface area contributed by atoms with E-state index in [4.69, 9.17) is 4.74 Å². The maximum absolute atomic E-state index is 9.95. The van der Waals surface area contributed by atoms with Gasteiger partial charge in [0.15, 0.2) is 0 Å². The van der Waals surface area contributed by atoms with Gasteiger partial charge in [-0.15, -0.1) is 0 Å². The highest BCUT2D eigenvalue weighted by molar-refractivity contribution is 5.36. The maximum Gasteiger partial charge on any atom is 0.113 e. The zero-order valence-corrected chi connectivity index (χ0v) is 10.2. The Morgan fingerprint density at radius 3 is 2.39 bits per heavy atom. The van der Waals surface area contributed by atoms with Crippen LogP contribution >= 0.6 is 0 Å². The van der Waals surface area contributed by atoms with Gasteiger partial charge in [0.05, 0.1) is 12.7 Å². The van der Waals surface area contributed by atoms with E-state index in [0.29, 0.717) is 17.6 Å². The normalized spacial score (nSPS) is 42.0. The van der Waals surface area contributed by atoms with Gasteiger partial charge in [-0.1, -0.05) is 13.3 Å². The molecule has 0 amide bonds. The molecule has 1 heterocycles. The van der Waals surface area contributed by atoms with Crippen molar-refractivity contribution < 1.29 is 30.3 Å². The lowest BCUT2D eigenvalue weighted by Crippen LogP contribution is -2.52. The van der Waals surface area contributed by atoms with Crippen LogP contribution in [0.1, 0.15) is 19.8 Å². The molecule has 0 saturated heterocycles. The lowest BCUT2D eigenvalue weighted by atomic mass is 9.81. The molecule has 0 unspecified atom stereocenters. The van der Waals surface area contributed by atoms with Crippen molar-refractivity contribution in [3.63, 3.8) is 0 Å². The van der Waals surface area contributed by atoms with Crippen molar-refractivity contribution in [1.82, 2.24) is 0 Å². The Hall–Kier alpha value is -0.500. The molecule has 1 aliphatic heterocycles. The van der Waals surface area contributed by atoms with E-state index < -0.39 is 36.6 Å². The summed E-state index contributed by atoms with van der Waals surface area (Å²) in [6.07, 6.45) is -5.69. The minimum absolute atomic E-state index is 0.0583. The summed E-state index contributed by atoms with van der Waals surface area (Å²) in [4.78, 5) is 0. The van der Waals surface area contributed by atoms with Crippen LogP contribution in [-0.2, 0) is 4.74 Å². The molecular formula is C12H20O6. The highest BCUT2D eigenvalue weighted by Gasteiger charge is 2.48. The third-order valence-electron chi connectivity index (χ3n) is 3.70. The molecule has 2 aliphatic rings. The van der Waals surface area contributed by atoms with E-state index >= 15 is 0 Å². The second kappa shape index (κ2) is 5.24. The van der Waals surface area contributed by atoms with Crippen LogP contribution in [-0.4, -0.2) is 68.8 Å². The summed E-state index contributed by atoms with van der Waals surface area (Å²) in [5.74, 6) is 0. The van der Waals surface area contributed by atoms with Crippen molar-refractivity contribution in [3.05, 3.63) is 11.1 Å². The zero-order valence-electron chi connectivity index (χ0n) is 10.2. The Bertz CT molecular complexity index is 341. The van der Waals surface area contributed by atoms with Crippen molar-refractivity contribution in [2.75, 3.05) is 6.61 Å². The van der Waals surface area contributed by atoms with E-state index in [-0.39, 0.29) is 6.61 Å². The molecule has 0 spiro atoms. The van der Waals surface area contributed by atoms with Crippen LogP contribution < -0.4 is 0 Å². The highest BCUT2D eigenvalue weighted by Crippen LogP contribution is 2.36. The Kier molecular flexibility index (Phi) is 4.05. The van der Waals surface area contributed by atoms with Crippen molar-refractivity contribution >= 4 is 0 Å². The molecule has 2 rings (SSSR count). The van der Waals surface area contributed by atoms with Gasteiger partial charge in [0.25, 0.3) is 0 Å². The van der Waals surface area contributed by atoms with Crippen LogP contribution in [0, 0.1) is 0 Å². The van der Waals surface area contributed by atoms with Gasteiger partial charge < -0.3 is 30.3 Å². The summed E-state index contributed by atoms with van der Waals surface area (Å²) in [5, 5.41) is 49.0. The fourth-order valence-electron chi connectivity index (χ4n) is 2.68. The number of aliphatic hydroxyl groups is 5. The minimum atomic E-state index is -1.46. The topological polar surface area (TPSA) is 110 Å². The molecule has 0 bridgehead atoms. The van der Waals surface area contributed by atoms with E-state index in [1.165, 1.54) is 0 Å². The van der Waals surface area contributed by atoms with Crippen molar-refractivity contribution in [1.29, 1.82) is 0 Å². The maximum atomic E-state index is 9.95. The Morgan fingerprint density at radius 1 is 1.17 bits per heavy atom. The van der Waals surface area contributed by atoms with Gasteiger partial charge in [-0.25, -0.2) is 0 Å². The summed E-state index contributed by atoms with van der Waals surface area (Å²) < 4.78 is 5.39. The van der Waals surface area contributed by atoms with E-state index in [0.717, 1.165) is 6.42 Å². The van der Waals surface area contributed by atoms with Gasteiger partial charge in [0.2, 0.25) is 0 Å². The summed E-state index contributed by atoms with van der Waals surface area (Å²) >= 11 is 0. The number of aliphatic hydroxyl groups excluding tert-OH is 5. The fourth-order valence-corrected chi connectivity index (χ4v) is 2.68. The lowest BCUT2D eigenvalue weighted by Gasteiger charge is -2.35. The molecule has 5 N–H and O–H groups in total. The first-order valence-electron chi connectivity index (χ1n) is 6.23. The number of hydrogen-bond donors (Lipinski definition) is 5. The van der Waals surface area contributed by atoms with E-state index in [1.54, 1.807) is 0 Å². The largest absolute Gasteiger partial charge is 0.390 e. The molecule has 6 heteroatoms. The number of hydrogen-bond acceptors (Lipinski definition) is 6. The SMILES string of the molecule is CCC[C@H](O)[C@@H]1OCC2=C1[C@H](O)[C@H](O)[C@@H](O)[C@@H]2O. The minimum Gasteiger partial charge on any atom is -0.390 e. The second-order valence-electron chi connectivity index (χ2n) is 4.94. The van der Waals surface area contributed by atoms with Crippen LogP contribution in [0.5, 0.6) is 0 Å². The predicted molar refractivity (Wildman–Crippen MR) is 61.7 cm³/mol. The Morgan fingerprint density at radius 2 is 1.78 bits per heavy atom. The van der Waals surface area contributed by atoms with E-state index in [1.807, 2.05) is 6.92 Å². The molecular weight excluding hydrogens is 240 g/mol. The van der Waals surface area contributed by atoms with E-state index in [9.17, 15) is 25.5 Å². The van der Waals surface area contributed by atoms with Crippen molar-refractivity contribution in [3.8, 4) is 0 Å². The quantitative estimate of drug-likeness (QED) is 0.387. The smallest absolute Gasteiger partial charge is 0.113 e. The van der Waals surface area contributed by atoms with Gasteiger partial charge >= 0.3 is 0 Å². The third kappa shape index (κ3) is 2.09. The summed E-state index contributed by atoms with van der Waals surface area (Å²) in [6, 6.07) is 0. The third-order valence-corrected chi connectivity index (χ3v) is 3.70. The molecule has 1 aliphatic carbocycles. The van der Waals surface area contributed by atoms with Crippen LogP contribution in [0.25, 0.3) is 0 Å². The zero-order chi connectivity index (χ0) is 13.4. The number of ether oxygens (including phenoxy) is 1. The van der Waals surface area contributed by atoms with Crippen LogP contribution in [0.3, 0.4) is 0 Å². The average molecular weight is 260 g/mol. The van der Waals surface area contributed by atoms with Crippen molar-refractivity contribution in [2.24, 2.45) is 0 Å². The first-order chi connectivity index (χ1) is 8.49. The first-order valence-corrected chi connectivity index (χ1v) is 6.23. The Balaban J connectivity index is 2.28. The molecule has 0 aromatic heterocycles. The van der Waals surface area contributed by atoms with E-state index in [2.05, 4.69) is 0 Å². The van der Waals surface area contributed by atoms with Crippen LogP contribution in [0.2, 0.25) is 0 Å². The standard InChI is InChI=1S/C12H20O6/c1-2-3-6(13)12-7-5(4-18-12)8(14)10(16)11(17)9(7)15/h6,8-17H,2-4H2,1H3/t6-,8+,9-,10-,11-,12-/m0/s1. The molecule has 0 aromatic carbocycles. The summed E-state index contributed by atoms with van der Waals surface area (Å²) in [5.41, 5.74) is 0.696. The summed E-state index contributed by atoms with van der Waals surface area (Å²) in [7, 11) is 0. The van der Waals surface area contributed by atoms with Crippen LogP contribution in [0.4, 0.5) is 0 Å². The lowest BCUT2D eigenvalue weighted by molar-refractivity contribution is -0.0988. The van der Waals surface area contributed by atoms with Crippen LogP contribution in [0.15, 0.2) is 11.1 Å². The molecule has 0 radical (unpaired) electrons. The highest BCUT2D eigenvalue weighted by atomic mass is 16.5. The molecule has 0 saturated carbocycles. The average Bonchev–Trinajstić information content (AvgIpc) is 2.79. The Labute approximate surface area is 105 Å². The summed E-state index contributed by atoms with van der Waals surface area (Å²) in [6.45, 7) is 1.97. The first kappa shape index (κ1) is 13.9. The molecule has 0 fully saturated rings. The molecule has 6 atom stereocenters. The van der Waals surface area contributed by atoms with Gasteiger partial charge in [0.1, 0.15) is 30.5 Å². The number of rotatable bonds is 3. The predicted octanol–water partition coefficient (Wildman–Crippen LogP) is -1.70. The molecule has 104 valence electrons. The molecule has 6 nitrogen and oxygen atoms in total. The van der Waals surface area contributed by atoms with Crippen molar-refractivity contribution in [2.45, 2.75) is 56.4 Å². The van der Waals surface area contributed by atoms with Gasteiger partial charge in [-0.2, -0.15) is 0 Å². The molecule has 0 aromatic rings. The monoisotopic (exact) mass is 260 g/mol. The van der Waals surface area contributed by atoms with Gasteiger partial charge in [-0.3, -0.25) is 0 Å². The second-order valence-corrected chi connectivity index (χ2v) is 4.94. The molecule has 18 heavy (non-hydrogen) atoms. The van der Waals surface area contributed by atoms with Gasteiger partial charge in [-0.05, 0) is 17.6 Å².